The van der Waals surface area contributed by atoms with Gasteiger partial charge < -0.3 is 31.1 Å². The van der Waals surface area contributed by atoms with Gasteiger partial charge in [0.2, 0.25) is 11.8 Å². The number of piperidine rings is 1. The molecule has 1 aromatic carbocycles. The number of nitrogens with one attached hydrogen (secondary N) is 3. The Morgan fingerprint density at radius 3 is 2.36 bits per heavy atom. The predicted molar refractivity (Wildman–Crippen MR) is 234 cm³/mol. The van der Waals surface area contributed by atoms with Gasteiger partial charge >= 0.3 is 5.97 Å². The maximum Gasteiger partial charge on any atom is 0.309 e. The second kappa shape index (κ2) is 23.4. The predicted octanol–water partition coefficient (Wildman–Crippen LogP) is 7.82. The Balaban J connectivity index is 1.85. The highest BCUT2D eigenvalue weighted by atomic mass is 32.1. The first-order chi connectivity index (χ1) is 27.8. The van der Waals surface area contributed by atoms with Crippen molar-refractivity contribution < 1.29 is 33.8 Å². The Hall–Kier alpha value is -3.62. The molecule has 12 nitrogen and oxygen atoms in total. The smallest absolute Gasteiger partial charge is 0.309 e. The molecular formula is C45H73FN6O6S. The van der Waals surface area contributed by atoms with Crippen LogP contribution in [0.3, 0.4) is 0 Å². The van der Waals surface area contributed by atoms with E-state index < -0.39 is 41.3 Å². The second-order valence-corrected chi connectivity index (χ2v) is 18.9. The zero-order valence-electron chi connectivity index (χ0n) is 37.3. The van der Waals surface area contributed by atoms with Gasteiger partial charge in [0.05, 0.1) is 17.1 Å². The van der Waals surface area contributed by atoms with Gasteiger partial charge in [-0.25, -0.2) is 9.37 Å². The number of aliphatic hydroxyl groups excluding tert-OH is 1. The number of carboxylic acids is 1. The van der Waals surface area contributed by atoms with Gasteiger partial charge in [-0.15, -0.1) is 11.3 Å². The van der Waals surface area contributed by atoms with E-state index in [4.69, 9.17) is 0 Å². The molecule has 0 unspecified atom stereocenters. The zero-order valence-corrected chi connectivity index (χ0v) is 38.1. The molecule has 1 aliphatic heterocycles. The summed E-state index contributed by atoms with van der Waals surface area (Å²) in [5.74, 6) is -2.41. The van der Waals surface area contributed by atoms with E-state index >= 15 is 0 Å². The van der Waals surface area contributed by atoms with E-state index in [1.165, 1.54) is 6.07 Å². The maximum atomic E-state index is 15.0. The number of hydrogen-bond donors (Lipinski definition) is 5. The van der Waals surface area contributed by atoms with Crippen LogP contribution in [0.5, 0.6) is 0 Å². The summed E-state index contributed by atoms with van der Waals surface area (Å²) in [7, 11) is 1.96. The minimum atomic E-state index is -1.19. The van der Waals surface area contributed by atoms with E-state index in [-0.39, 0.29) is 66.7 Å². The van der Waals surface area contributed by atoms with Crippen molar-refractivity contribution in [1.82, 2.24) is 25.4 Å². The molecule has 0 saturated carbocycles. The minimum Gasteiger partial charge on any atom is -0.481 e. The van der Waals surface area contributed by atoms with Crippen LogP contribution in [0, 0.1) is 23.1 Å². The van der Waals surface area contributed by atoms with Gasteiger partial charge in [-0.1, -0.05) is 72.8 Å². The summed E-state index contributed by atoms with van der Waals surface area (Å²) in [6.07, 6.45) is 6.65. The molecule has 332 valence electrons. The molecule has 14 heteroatoms. The van der Waals surface area contributed by atoms with Crippen molar-refractivity contribution in [3.05, 3.63) is 45.7 Å². The number of thiazole rings is 1. The molecule has 1 aliphatic rings. The number of rotatable bonds is 24. The van der Waals surface area contributed by atoms with Crippen LogP contribution in [0.25, 0.3) is 0 Å². The average Bonchev–Trinajstić information content (AvgIpc) is 3.67. The van der Waals surface area contributed by atoms with Gasteiger partial charge in [0.1, 0.15) is 28.7 Å². The van der Waals surface area contributed by atoms with Crippen molar-refractivity contribution in [2.45, 2.75) is 169 Å². The van der Waals surface area contributed by atoms with Crippen molar-refractivity contribution in [3.8, 4) is 0 Å². The van der Waals surface area contributed by atoms with Crippen molar-refractivity contribution >= 4 is 40.7 Å². The lowest BCUT2D eigenvalue weighted by atomic mass is 9.84. The molecule has 2 heterocycles. The first-order valence-electron chi connectivity index (χ1n) is 21.8. The number of nitrogens with zero attached hydrogens (tertiary/aromatic N) is 3. The highest BCUT2D eigenvalue weighted by Gasteiger charge is 2.38. The summed E-state index contributed by atoms with van der Waals surface area (Å²) < 4.78 is 15.0. The first kappa shape index (κ1) is 49.7. The quantitative estimate of drug-likeness (QED) is 0.0663. The van der Waals surface area contributed by atoms with Gasteiger partial charge in [-0.3, -0.25) is 24.1 Å². The Labute approximate surface area is 356 Å². The van der Waals surface area contributed by atoms with Gasteiger partial charge in [-0.05, 0) is 103 Å². The summed E-state index contributed by atoms with van der Waals surface area (Å²) in [5, 5.41) is 32.7. The second-order valence-electron chi connectivity index (χ2n) is 18.0. The number of aromatic nitrogens is 1. The molecule has 0 spiro atoms. The van der Waals surface area contributed by atoms with Gasteiger partial charge in [0.15, 0.2) is 0 Å². The molecule has 6 atom stereocenters. The number of carbonyl (C=O) groups excluding carboxylic acids is 3. The molecule has 1 aromatic heterocycles. The van der Waals surface area contributed by atoms with Crippen molar-refractivity contribution in [2.75, 3.05) is 25.5 Å². The molecule has 0 radical (unpaired) electrons. The Kier molecular flexibility index (Phi) is 19.7. The Morgan fingerprint density at radius 2 is 1.76 bits per heavy atom. The lowest BCUT2D eigenvalue weighted by Gasteiger charge is -2.40. The molecule has 5 N–H and O–H groups in total. The van der Waals surface area contributed by atoms with Gasteiger partial charge in [0, 0.05) is 36.5 Å². The molecule has 1 fully saturated rings. The van der Waals surface area contributed by atoms with Crippen LogP contribution < -0.4 is 16.0 Å². The standard InChI is InChI=1S/C45H73FN6O6S/c1-11-13-14-16-22-52(43(56)39(30(7)12-2)50-41(55)36-18-15-17-21-51(36)10)37(28(3)4)25-38(53)42-49-35(27-59-42)40(54)48-32(26-45(8,9)44(57)58)23-31-19-20-34(33(46)24-31)47-29(5)6/h19-20,24,27-30,32,36-39,47,53H,11-18,21-23,25-26H2,1-10H3,(H,48,54)(H,50,55)(H,57,58)/t30-,32-,36+,37+,38+,39-/m0/s1. The average molecular weight is 845 g/mol. The lowest BCUT2D eigenvalue weighted by molar-refractivity contribution is -0.147. The minimum absolute atomic E-state index is 0.0307. The number of amides is 3. The highest BCUT2D eigenvalue weighted by molar-refractivity contribution is 7.09. The third kappa shape index (κ3) is 14.8. The maximum absolute atomic E-state index is 15.0. The molecule has 59 heavy (non-hydrogen) atoms. The van der Waals surface area contributed by atoms with Crippen LogP contribution >= 0.6 is 11.3 Å². The third-order valence-electron chi connectivity index (χ3n) is 11.7. The van der Waals surface area contributed by atoms with E-state index in [2.05, 4.69) is 32.8 Å². The largest absolute Gasteiger partial charge is 0.481 e. The first-order valence-corrected chi connectivity index (χ1v) is 22.7. The number of carboxylic acid groups (broad SMARTS) is 1. The molecular weight excluding hydrogens is 772 g/mol. The fourth-order valence-electron chi connectivity index (χ4n) is 7.83. The van der Waals surface area contributed by atoms with Crippen molar-refractivity contribution in [2.24, 2.45) is 17.3 Å². The summed E-state index contributed by atoms with van der Waals surface area (Å²) >= 11 is 1.14. The van der Waals surface area contributed by atoms with Crippen LogP contribution in [-0.2, 0) is 20.8 Å². The number of likely N-dealkylation sites (tertiary alicyclic amines) is 1. The molecule has 3 amide bonds. The topological polar surface area (TPSA) is 164 Å². The summed E-state index contributed by atoms with van der Waals surface area (Å²) in [4.78, 5) is 62.6. The van der Waals surface area contributed by atoms with Crippen LogP contribution in [0.2, 0.25) is 0 Å². The van der Waals surface area contributed by atoms with Crippen molar-refractivity contribution in [1.29, 1.82) is 0 Å². The van der Waals surface area contributed by atoms with E-state index in [1.54, 1.807) is 31.4 Å². The number of halogens is 1. The van der Waals surface area contributed by atoms with Crippen LogP contribution in [0.1, 0.15) is 154 Å². The van der Waals surface area contributed by atoms with Crippen LogP contribution in [-0.4, -0.2) is 99.0 Å². The summed E-state index contributed by atoms with van der Waals surface area (Å²) in [5.41, 5.74) is -0.154. The highest BCUT2D eigenvalue weighted by Crippen LogP contribution is 2.30. The number of carbonyl (C=O) groups is 4. The molecule has 0 bridgehead atoms. The van der Waals surface area contributed by atoms with E-state index in [0.717, 1.165) is 62.8 Å². The number of likely N-dealkylation sites (N-methyl/N-ethyl adjacent to an activating group) is 1. The Morgan fingerprint density at radius 1 is 1.05 bits per heavy atom. The summed E-state index contributed by atoms with van der Waals surface area (Å²) in [6, 6.07) is 2.79. The van der Waals surface area contributed by atoms with E-state index in [0.29, 0.717) is 29.2 Å². The fourth-order valence-corrected chi connectivity index (χ4v) is 8.63. The molecule has 1 saturated heterocycles. The molecule has 2 aromatic rings. The molecule has 0 aliphatic carbocycles. The van der Waals surface area contributed by atoms with Crippen LogP contribution in [0.15, 0.2) is 23.6 Å². The fraction of sp³-hybridized carbons (Fsp3) is 0.711. The number of unbranched alkanes of at least 4 members (excludes halogenated alkanes) is 3. The third-order valence-corrected chi connectivity index (χ3v) is 12.6. The molecule has 3 rings (SSSR count). The SMILES string of the molecule is CCCCCCN(C(=O)[C@@H](NC(=O)[C@H]1CCCCN1C)[C@@H](C)CC)[C@H](C[C@@H](O)c1nc(C(=O)N[C@@H](Cc2ccc(NC(C)C)c(F)c2)CC(C)(C)C(=O)O)cs1)C(C)C. The van der Waals surface area contributed by atoms with Crippen LogP contribution in [0.4, 0.5) is 10.1 Å². The van der Waals surface area contributed by atoms with E-state index in [9.17, 15) is 33.8 Å². The number of benzene rings is 1. The van der Waals surface area contributed by atoms with E-state index in [1.807, 2.05) is 53.5 Å². The van der Waals surface area contributed by atoms with Gasteiger partial charge in [0.25, 0.3) is 5.91 Å². The number of aliphatic hydroxyl groups is 1. The Bertz CT molecular complexity index is 1670. The number of hydrogen-bond acceptors (Lipinski definition) is 9. The lowest BCUT2D eigenvalue weighted by Crippen LogP contribution is -2.58. The normalized spacial score (nSPS) is 17.6. The number of aliphatic carboxylic acids is 1. The zero-order chi connectivity index (χ0) is 44.0. The monoisotopic (exact) mass is 845 g/mol. The summed E-state index contributed by atoms with van der Waals surface area (Å²) in [6.45, 7) is 18.5. The van der Waals surface area contributed by atoms with Crippen molar-refractivity contribution in [3.63, 3.8) is 0 Å². The number of anilines is 1. The van der Waals surface area contributed by atoms with Gasteiger partial charge in [-0.2, -0.15) is 0 Å².